The molecule has 0 aliphatic heterocycles. The lowest BCUT2D eigenvalue weighted by molar-refractivity contribution is -0.120. The molecular formula is C16H18BrN3O3S. The van der Waals surface area contributed by atoms with E-state index in [4.69, 9.17) is 4.74 Å². The van der Waals surface area contributed by atoms with Crippen molar-refractivity contribution in [1.82, 2.24) is 10.2 Å². The minimum Gasteiger partial charge on any atom is -0.497 e. The van der Waals surface area contributed by atoms with E-state index in [-0.39, 0.29) is 12.5 Å². The van der Waals surface area contributed by atoms with Gasteiger partial charge in [0, 0.05) is 12.2 Å². The third kappa shape index (κ3) is 5.95. The number of carbonyl (C=O) groups is 2. The molecule has 2 aromatic rings. The number of hydrogen-bond acceptors (Lipinski definition) is 5. The van der Waals surface area contributed by atoms with Crippen molar-refractivity contribution in [2.24, 2.45) is 0 Å². The number of halogens is 1. The van der Waals surface area contributed by atoms with Crippen molar-refractivity contribution < 1.29 is 14.3 Å². The quantitative estimate of drug-likeness (QED) is 0.764. The second kappa shape index (κ2) is 8.81. The van der Waals surface area contributed by atoms with Crippen molar-refractivity contribution in [3.8, 4) is 5.75 Å². The van der Waals surface area contributed by atoms with Gasteiger partial charge in [0.25, 0.3) is 0 Å². The number of methoxy groups -OCH3 is 1. The highest BCUT2D eigenvalue weighted by Crippen LogP contribution is 2.21. The fraction of sp³-hybridized carbons (Fsp3) is 0.250. The summed E-state index contributed by atoms with van der Waals surface area (Å²) < 4.78 is 6.09. The summed E-state index contributed by atoms with van der Waals surface area (Å²) in [6.45, 7) is 0.763. The van der Waals surface area contributed by atoms with Gasteiger partial charge >= 0.3 is 6.03 Å². The molecule has 0 saturated heterocycles. The molecule has 1 aromatic heterocycles. The molecule has 24 heavy (non-hydrogen) atoms. The topological polar surface area (TPSA) is 70.7 Å². The average Bonchev–Trinajstić information content (AvgIpc) is 2.92. The molecule has 0 fully saturated rings. The molecule has 6 nitrogen and oxygen atoms in total. The van der Waals surface area contributed by atoms with Gasteiger partial charge < -0.3 is 10.1 Å². The van der Waals surface area contributed by atoms with E-state index in [0.29, 0.717) is 18.0 Å². The number of rotatable bonds is 6. The zero-order chi connectivity index (χ0) is 17.5. The van der Waals surface area contributed by atoms with E-state index in [1.54, 1.807) is 42.7 Å². The molecule has 1 heterocycles. The summed E-state index contributed by atoms with van der Waals surface area (Å²) in [5.74, 6) is 0.330. The van der Waals surface area contributed by atoms with Gasteiger partial charge in [0.15, 0.2) is 0 Å². The Morgan fingerprint density at radius 3 is 2.58 bits per heavy atom. The number of anilines is 1. The molecule has 2 rings (SSSR count). The van der Waals surface area contributed by atoms with Gasteiger partial charge in [-0.2, -0.15) is 0 Å². The fourth-order valence-corrected chi connectivity index (χ4v) is 3.24. The van der Waals surface area contributed by atoms with Gasteiger partial charge in [0.1, 0.15) is 5.75 Å². The van der Waals surface area contributed by atoms with Crippen LogP contribution in [0.5, 0.6) is 5.75 Å². The molecule has 1 aromatic carbocycles. The Hall–Kier alpha value is -1.90. The van der Waals surface area contributed by atoms with Crippen molar-refractivity contribution in [1.29, 1.82) is 0 Å². The molecule has 3 amide bonds. The number of hydrogen-bond donors (Lipinski definition) is 2. The van der Waals surface area contributed by atoms with Gasteiger partial charge in [-0.05, 0) is 64.3 Å². The Morgan fingerprint density at radius 2 is 2.00 bits per heavy atom. The predicted molar refractivity (Wildman–Crippen MR) is 98.5 cm³/mol. The first-order valence-corrected chi connectivity index (χ1v) is 8.80. The third-order valence-electron chi connectivity index (χ3n) is 3.09. The number of nitrogens with zero attached hydrogens (tertiary/aromatic N) is 1. The van der Waals surface area contributed by atoms with Crippen LogP contribution in [-0.4, -0.2) is 37.5 Å². The molecule has 0 radical (unpaired) electrons. The smallest absolute Gasteiger partial charge is 0.325 e. The highest BCUT2D eigenvalue weighted by atomic mass is 79.9. The summed E-state index contributed by atoms with van der Waals surface area (Å²) in [5, 5.41) is 6.93. The zero-order valence-corrected chi connectivity index (χ0v) is 15.7. The van der Waals surface area contributed by atoms with Crippen LogP contribution in [0.1, 0.15) is 5.56 Å². The van der Waals surface area contributed by atoms with Gasteiger partial charge in [0.2, 0.25) is 5.91 Å². The second-order valence-electron chi connectivity index (χ2n) is 5.16. The molecule has 0 saturated carbocycles. The van der Waals surface area contributed by atoms with Crippen molar-refractivity contribution in [2.45, 2.75) is 6.54 Å². The number of carbonyl (C=O) groups excluding carboxylic acids is 2. The predicted octanol–water partition coefficient (Wildman–Crippen LogP) is 3.30. The molecule has 0 aliphatic rings. The Balaban J connectivity index is 1.77. The maximum Gasteiger partial charge on any atom is 0.325 e. The number of nitrogens with one attached hydrogen (secondary N) is 2. The van der Waals surface area contributed by atoms with Gasteiger partial charge in [-0.25, -0.2) is 4.79 Å². The van der Waals surface area contributed by atoms with E-state index in [1.165, 1.54) is 0 Å². The van der Waals surface area contributed by atoms with Gasteiger partial charge in [-0.15, -0.1) is 11.3 Å². The standard InChI is InChI=1S/C16H18BrN3O3S/c1-20(8-11-7-14(17)24-10-11)9-15(21)19-16(22)18-12-3-5-13(23-2)6-4-12/h3-7,10H,8-9H2,1-2H3,(H2,18,19,21,22). The van der Waals surface area contributed by atoms with Crippen molar-refractivity contribution in [3.05, 3.63) is 45.1 Å². The van der Waals surface area contributed by atoms with Crippen LogP contribution in [-0.2, 0) is 11.3 Å². The van der Waals surface area contributed by atoms with E-state index in [9.17, 15) is 9.59 Å². The first-order valence-electron chi connectivity index (χ1n) is 7.12. The van der Waals surface area contributed by atoms with Crippen LogP contribution in [0.15, 0.2) is 39.5 Å². The second-order valence-corrected chi connectivity index (χ2v) is 7.45. The summed E-state index contributed by atoms with van der Waals surface area (Å²) in [6.07, 6.45) is 0. The minimum atomic E-state index is -0.558. The van der Waals surface area contributed by atoms with Crippen molar-refractivity contribution >= 4 is 44.9 Å². The Bertz CT molecular complexity index is 703. The highest BCUT2D eigenvalue weighted by molar-refractivity contribution is 9.11. The number of imide groups is 1. The Labute approximate surface area is 152 Å². The maximum atomic E-state index is 11.9. The average molecular weight is 412 g/mol. The monoisotopic (exact) mass is 411 g/mol. The summed E-state index contributed by atoms with van der Waals surface area (Å²) >= 11 is 5.00. The van der Waals surface area contributed by atoms with E-state index in [1.807, 2.05) is 23.4 Å². The SMILES string of the molecule is COc1ccc(NC(=O)NC(=O)CN(C)Cc2csc(Br)c2)cc1. The molecule has 0 atom stereocenters. The largest absolute Gasteiger partial charge is 0.497 e. The summed E-state index contributed by atoms with van der Waals surface area (Å²) in [4.78, 5) is 25.6. The van der Waals surface area contributed by atoms with Crippen LogP contribution in [0.25, 0.3) is 0 Å². The van der Waals surface area contributed by atoms with Gasteiger partial charge in [0.05, 0.1) is 17.4 Å². The maximum absolute atomic E-state index is 11.9. The number of thiophene rings is 1. The van der Waals surface area contributed by atoms with Crippen LogP contribution in [0, 0.1) is 0 Å². The molecule has 0 aliphatic carbocycles. The summed E-state index contributed by atoms with van der Waals surface area (Å²) in [6, 6.07) is 8.30. The van der Waals surface area contributed by atoms with Gasteiger partial charge in [-0.3, -0.25) is 15.0 Å². The molecule has 0 spiro atoms. The lowest BCUT2D eigenvalue weighted by Crippen LogP contribution is -2.40. The molecule has 8 heteroatoms. The number of ether oxygens (including phenoxy) is 1. The third-order valence-corrected chi connectivity index (χ3v) is 4.64. The van der Waals surface area contributed by atoms with Crippen LogP contribution < -0.4 is 15.4 Å². The van der Waals surface area contributed by atoms with E-state index in [2.05, 4.69) is 26.6 Å². The first-order chi connectivity index (χ1) is 11.5. The summed E-state index contributed by atoms with van der Waals surface area (Å²) in [7, 11) is 3.39. The normalized spacial score (nSPS) is 10.5. The molecule has 0 unspecified atom stereocenters. The number of urea groups is 1. The van der Waals surface area contributed by atoms with Gasteiger partial charge in [-0.1, -0.05) is 0 Å². The van der Waals surface area contributed by atoms with E-state index >= 15 is 0 Å². The molecular weight excluding hydrogens is 394 g/mol. The minimum absolute atomic E-state index is 0.128. The highest BCUT2D eigenvalue weighted by Gasteiger charge is 2.11. The number of likely N-dealkylation sites (N-methyl/N-ethyl adjacent to an activating group) is 1. The molecule has 128 valence electrons. The van der Waals surface area contributed by atoms with Crippen LogP contribution >= 0.6 is 27.3 Å². The Morgan fingerprint density at radius 1 is 1.29 bits per heavy atom. The summed E-state index contributed by atoms with van der Waals surface area (Å²) in [5.41, 5.74) is 1.70. The van der Waals surface area contributed by atoms with E-state index < -0.39 is 6.03 Å². The van der Waals surface area contributed by atoms with Crippen LogP contribution in [0.3, 0.4) is 0 Å². The fourth-order valence-electron chi connectivity index (χ4n) is 2.04. The lowest BCUT2D eigenvalue weighted by atomic mass is 10.3. The zero-order valence-electron chi connectivity index (χ0n) is 13.3. The van der Waals surface area contributed by atoms with Crippen molar-refractivity contribution in [2.75, 3.05) is 26.0 Å². The molecule has 0 bridgehead atoms. The van der Waals surface area contributed by atoms with Crippen LogP contribution in [0.2, 0.25) is 0 Å². The van der Waals surface area contributed by atoms with E-state index in [0.717, 1.165) is 9.35 Å². The van der Waals surface area contributed by atoms with Crippen LogP contribution in [0.4, 0.5) is 10.5 Å². The first kappa shape index (κ1) is 18.4. The number of benzene rings is 1. The van der Waals surface area contributed by atoms with Crippen molar-refractivity contribution in [3.63, 3.8) is 0 Å². The Kier molecular flexibility index (Phi) is 6.77. The molecule has 2 N–H and O–H groups in total. The number of amides is 3. The lowest BCUT2D eigenvalue weighted by Gasteiger charge is -2.15.